The molecule has 0 saturated heterocycles. The quantitative estimate of drug-likeness (QED) is 0.257. The molecule has 0 spiro atoms. The van der Waals surface area contributed by atoms with Crippen molar-refractivity contribution >= 4 is 0 Å². The lowest BCUT2D eigenvalue weighted by Gasteiger charge is -2.08. The molecule has 0 unspecified atom stereocenters. The molecule has 27 heavy (non-hydrogen) atoms. The average molecular weight is 397 g/mol. The highest BCUT2D eigenvalue weighted by molar-refractivity contribution is 4.42. The molecular weight excluding hydrogens is 356 g/mol. The second-order valence-corrected chi connectivity index (χ2v) is 6.19. The van der Waals surface area contributed by atoms with Gasteiger partial charge in [-0.3, -0.25) is 0 Å². The Morgan fingerprint density at radius 2 is 0.704 bits per heavy atom. The van der Waals surface area contributed by atoms with Crippen molar-refractivity contribution in [2.24, 2.45) is 5.92 Å². The van der Waals surface area contributed by atoms with E-state index in [1.54, 1.807) is 0 Å². The van der Waals surface area contributed by atoms with Crippen LogP contribution in [0, 0.1) is 5.92 Å². The lowest BCUT2D eigenvalue weighted by molar-refractivity contribution is -0.0216. The molecule has 0 radical (unpaired) electrons. The fourth-order valence-electron chi connectivity index (χ4n) is 1.81. The number of rotatable bonds is 23. The first kappa shape index (κ1) is 26.7. The Bertz CT molecular complexity index is 266. The van der Waals surface area contributed by atoms with Gasteiger partial charge in [-0.1, -0.05) is 13.8 Å². The maximum atomic E-state index is 8.52. The van der Waals surface area contributed by atoms with E-state index >= 15 is 0 Å². The molecule has 0 aromatic rings. The molecule has 0 atom stereocenters. The molecule has 0 aliphatic heterocycles. The molecule has 0 saturated carbocycles. The minimum atomic E-state index is 0.0377. The molecule has 8 nitrogen and oxygen atoms in total. The summed E-state index contributed by atoms with van der Waals surface area (Å²) in [4.78, 5) is 0. The molecule has 0 fully saturated rings. The van der Waals surface area contributed by atoms with Gasteiger partial charge in [0.1, 0.15) is 0 Å². The fourth-order valence-corrected chi connectivity index (χ4v) is 1.81. The summed E-state index contributed by atoms with van der Waals surface area (Å²) in [5.74, 6) is 0.677. The van der Waals surface area contributed by atoms with Crippen LogP contribution in [0.3, 0.4) is 0 Å². The van der Waals surface area contributed by atoms with E-state index in [9.17, 15) is 0 Å². The maximum Gasteiger partial charge on any atom is 0.0701 e. The third-order valence-electron chi connectivity index (χ3n) is 3.31. The van der Waals surface area contributed by atoms with Gasteiger partial charge in [0.15, 0.2) is 0 Å². The van der Waals surface area contributed by atoms with E-state index in [1.165, 1.54) is 0 Å². The van der Waals surface area contributed by atoms with Crippen molar-refractivity contribution in [1.29, 1.82) is 0 Å². The van der Waals surface area contributed by atoms with Crippen LogP contribution in [0.5, 0.6) is 0 Å². The third-order valence-corrected chi connectivity index (χ3v) is 3.31. The largest absolute Gasteiger partial charge is 0.394 e. The molecular formula is C19H40O8. The number of aliphatic hydroxyl groups is 1. The molecule has 0 heterocycles. The Kier molecular flexibility index (Phi) is 23.4. The van der Waals surface area contributed by atoms with Gasteiger partial charge in [-0.2, -0.15) is 0 Å². The van der Waals surface area contributed by atoms with Crippen LogP contribution in [0.25, 0.3) is 0 Å². The van der Waals surface area contributed by atoms with Crippen molar-refractivity contribution in [1.82, 2.24) is 0 Å². The van der Waals surface area contributed by atoms with Gasteiger partial charge < -0.3 is 38.3 Å². The van der Waals surface area contributed by atoms with Crippen molar-refractivity contribution in [3.8, 4) is 0 Å². The van der Waals surface area contributed by atoms with Crippen molar-refractivity contribution in [2.45, 2.75) is 20.3 Å². The van der Waals surface area contributed by atoms with E-state index in [-0.39, 0.29) is 6.61 Å². The average Bonchev–Trinajstić information content (AvgIpc) is 2.65. The Morgan fingerprint density at radius 3 is 0.963 bits per heavy atom. The molecule has 0 aliphatic carbocycles. The van der Waals surface area contributed by atoms with Crippen molar-refractivity contribution in [2.75, 3.05) is 99.1 Å². The lowest BCUT2D eigenvalue weighted by Crippen LogP contribution is -2.14. The zero-order chi connectivity index (χ0) is 19.8. The summed E-state index contributed by atoms with van der Waals surface area (Å²) in [7, 11) is 0. The van der Waals surface area contributed by atoms with E-state index in [4.69, 9.17) is 38.3 Å². The summed E-state index contributed by atoms with van der Waals surface area (Å²) < 4.78 is 37.4. The second-order valence-electron chi connectivity index (χ2n) is 6.19. The predicted molar refractivity (Wildman–Crippen MR) is 102 cm³/mol. The zero-order valence-corrected chi connectivity index (χ0v) is 17.2. The van der Waals surface area contributed by atoms with E-state index in [0.717, 1.165) is 13.0 Å². The molecule has 0 aromatic carbocycles. The maximum absolute atomic E-state index is 8.52. The Hall–Kier alpha value is -0.320. The van der Waals surface area contributed by atoms with Crippen LogP contribution >= 0.6 is 0 Å². The zero-order valence-electron chi connectivity index (χ0n) is 17.2. The highest BCUT2D eigenvalue weighted by Crippen LogP contribution is 1.98. The second kappa shape index (κ2) is 23.7. The Balaban J connectivity index is 2.97. The van der Waals surface area contributed by atoms with Gasteiger partial charge in [0.25, 0.3) is 0 Å². The third kappa shape index (κ3) is 25.7. The van der Waals surface area contributed by atoms with Gasteiger partial charge in [-0.05, 0) is 12.3 Å². The standard InChI is InChI=1S/C19H40O8/c1-19(2)3-5-21-7-9-23-11-13-25-15-17-27-18-16-26-14-12-24-10-8-22-6-4-20/h19-20H,3-18H2,1-2H3. The van der Waals surface area contributed by atoms with Crippen LogP contribution < -0.4 is 0 Å². The van der Waals surface area contributed by atoms with Crippen LogP contribution in [0.1, 0.15) is 20.3 Å². The predicted octanol–water partition coefficient (Wildman–Crippen LogP) is 1.14. The topological polar surface area (TPSA) is 84.8 Å². The number of aliphatic hydroxyl groups excluding tert-OH is 1. The molecule has 1 N–H and O–H groups in total. The molecule has 8 heteroatoms. The summed E-state index contributed by atoms with van der Waals surface area (Å²) >= 11 is 0. The van der Waals surface area contributed by atoms with Gasteiger partial charge in [-0.25, -0.2) is 0 Å². The SMILES string of the molecule is CC(C)CCOCCOCCOCCOCCOCCOCCOCCO. The van der Waals surface area contributed by atoms with E-state index in [0.29, 0.717) is 91.8 Å². The van der Waals surface area contributed by atoms with Crippen LogP contribution in [0.4, 0.5) is 0 Å². The first-order valence-electron chi connectivity index (χ1n) is 9.92. The fraction of sp³-hybridized carbons (Fsp3) is 1.00. The van der Waals surface area contributed by atoms with Crippen molar-refractivity contribution in [3.63, 3.8) is 0 Å². The summed E-state index contributed by atoms with van der Waals surface area (Å²) in [6, 6.07) is 0. The van der Waals surface area contributed by atoms with Crippen LogP contribution in [0.15, 0.2) is 0 Å². The molecule has 0 rings (SSSR count). The van der Waals surface area contributed by atoms with Crippen LogP contribution in [-0.4, -0.2) is 104 Å². The van der Waals surface area contributed by atoms with Crippen molar-refractivity contribution in [3.05, 3.63) is 0 Å². The normalized spacial score (nSPS) is 11.6. The minimum Gasteiger partial charge on any atom is -0.394 e. The van der Waals surface area contributed by atoms with Gasteiger partial charge in [0, 0.05) is 6.61 Å². The first-order chi connectivity index (χ1) is 13.3. The smallest absolute Gasteiger partial charge is 0.0701 e. The summed E-state index contributed by atoms with van der Waals surface area (Å²) in [6.07, 6.45) is 1.09. The van der Waals surface area contributed by atoms with E-state index in [2.05, 4.69) is 13.8 Å². The summed E-state index contributed by atoms with van der Waals surface area (Å²) in [5.41, 5.74) is 0. The molecule has 164 valence electrons. The summed E-state index contributed by atoms with van der Waals surface area (Å²) in [6.45, 7) is 12.1. The van der Waals surface area contributed by atoms with Crippen LogP contribution in [-0.2, 0) is 33.2 Å². The number of hydrogen-bond acceptors (Lipinski definition) is 8. The molecule has 0 bridgehead atoms. The van der Waals surface area contributed by atoms with Gasteiger partial charge in [0.2, 0.25) is 0 Å². The van der Waals surface area contributed by atoms with Gasteiger partial charge in [0.05, 0.1) is 92.5 Å². The number of hydrogen-bond donors (Lipinski definition) is 1. The van der Waals surface area contributed by atoms with E-state index < -0.39 is 0 Å². The van der Waals surface area contributed by atoms with Gasteiger partial charge in [-0.15, -0.1) is 0 Å². The Morgan fingerprint density at radius 1 is 0.444 bits per heavy atom. The van der Waals surface area contributed by atoms with Crippen molar-refractivity contribution < 1.29 is 38.3 Å². The highest BCUT2D eigenvalue weighted by atomic mass is 16.6. The van der Waals surface area contributed by atoms with Crippen LogP contribution in [0.2, 0.25) is 0 Å². The lowest BCUT2D eigenvalue weighted by atomic mass is 10.1. The minimum absolute atomic E-state index is 0.0377. The Labute approximate surface area is 164 Å². The molecule has 0 amide bonds. The highest BCUT2D eigenvalue weighted by Gasteiger charge is 1.95. The van der Waals surface area contributed by atoms with E-state index in [1.807, 2.05) is 0 Å². The molecule has 0 aliphatic rings. The summed E-state index contributed by atoms with van der Waals surface area (Å²) in [5, 5.41) is 8.52. The number of ether oxygens (including phenoxy) is 7. The monoisotopic (exact) mass is 396 g/mol. The first-order valence-corrected chi connectivity index (χ1v) is 9.92. The molecule has 0 aromatic heterocycles. The van der Waals surface area contributed by atoms with Gasteiger partial charge >= 0.3 is 0 Å².